The van der Waals surface area contributed by atoms with Crippen LogP contribution in [-0.2, 0) is 4.79 Å². The van der Waals surface area contributed by atoms with Crippen molar-refractivity contribution in [3.8, 4) is 0 Å². The van der Waals surface area contributed by atoms with Crippen molar-refractivity contribution in [2.45, 2.75) is 25.4 Å². The molecular formula is C14H16ClNO4. The summed E-state index contributed by atoms with van der Waals surface area (Å²) in [4.78, 5) is 24.8. The fourth-order valence-electron chi connectivity index (χ4n) is 2.28. The Bertz CT molecular complexity index is 550. The van der Waals surface area contributed by atoms with Crippen LogP contribution in [0.1, 0.15) is 28.8 Å². The van der Waals surface area contributed by atoms with E-state index in [1.165, 1.54) is 4.90 Å². The van der Waals surface area contributed by atoms with Crippen LogP contribution in [0.5, 0.6) is 0 Å². The van der Waals surface area contributed by atoms with Crippen molar-refractivity contribution in [2.75, 3.05) is 13.1 Å². The first-order valence-electron chi connectivity index (χ1n) is 6.35. The molecule has 1 saturated heterocycles. The average Bonchev–Trinajstić information content (AvgIpc) is 2.42. The number of nitrogens with zero attached hydrogens (tertiary/aromatic N) is 1. The molecular weight excluding hydrogens is 282 g/mol. The Balaban J connectivity index is 2.13. The van der Waals surface area contributed by atoms with E-state index >= 15 is 0 Å². The second kappa shape index (κ2) is 5.42. The van der Waals surface area contributed by atoms with Crippen molar-refractivity contribution < 1.29 is 19.8 Å². The number of amides is 1. The van der Waals surface area contributed by atoms with Gasteiger partial charge in [0.1, 0.15) is 0 Å². The Morgan fingerprint density at radius 3 is 2.45 bits per heavy atom. The smallest absolute Gasteiger partial charge is 0.335 e. The van der Waals surface area contributed by atoms with Crippen molar-refractivity contribution in [1.82, 2.24) is 4.90 Å². The summed E-state index contributed by atoms with van der Waals surface area (Å²) in [5, 5.41) is 19.2. The zero-order valence-electron chi connectivity index (χ0n) is 11.1. The summed E-state index contributed by atoms with van der Waals surface area (Å²) >= 11 is 6.12. The second-order valence-corrected chi connectivity index (χ2v) is 5.44. The maximum absolute atomic E-state index is 12.4. The van der Waals surface area contributed by atoms with E-state index in [4.69, 9.17) is 16.7 Å². The fourth-order valence-corrected chi connectivity index (χ4v) is 2.48. The molecule has 1 aliphatic rings. The number of aryl methyl sites for hydroxylation is 1. The van der Waals surface area contributed by atoms with Gasteiger partial charge in [-0.15, -0.1) is 0 Å². The molecule has 2 N–H and O–H groups in total. The summed E-state index contributed by atoms with van der Waals surface area (Å²) in [5.41, 5.74) is -0.503. The van der Waals surface area contributed by atoms with Crippen molar-refractivity contribution in [3.63, 3.8) is 0 Å². The monoisotopic (exact) mass is 297 g/mol. The van der Waals surface area contributed by atoms with Crippen LogP contribution in [0.2, 0.25) is 5.02 Å². The van der Waals surface area contributed by atoms with Gasteiger partial charge in [0.25, 0.3) is 5.91 Å². The minimum Gasteiger partial charge on any atom is -0.479 e. The number of carbonyl (C=O) groups is 2. The van der Waals surface area contributed by atoms with Gasteiger partial charge in [0.05, 0.1) is 10.6 Å². The number of hydrogen-bond donors (Lipinski definition) is 2. The number of aliphatic carboxylic acids is 1. The lowest BCUT2D eigenvalue weighted by molar-refractivity contribution is -0.162. The third-order valence-electron chi connectivity index (χ3n) is 3.70. The van der Waals surface area contributed by atoms with Crippen molar-refractivity contribution >= 4 is 23.5 Å². The molecule has 5 nitrogen and oxygen atoms in total. The number of aliphatic hydroxyl groups is 1. The van der Waals surface area contributed by atoms with E-state index in [0.29, 0.717) is 10.6 Å². The molecule has 0 atom stereocenters. The van der Waals surface area contributed by atoms with E-state index in [1.807, 2.05) is 13.0 Å². The molecule has 20 heavy (non-hydrogen) atoms. The molecule has 1 aliphatic heterocycles. The van der Waals surface area contributed by atoms with Crippen LogP contribution in [0.25, 0.3) is 0 Å². The average molecular weight is 298 g/mol. The Hall–Kier alpha value is -1.59. The van der Waals surface area contributed by atoms with Gasteiger partial charge in [-0.2, -0.15) is 0 Å². The molecule has 0 spiro atoms. The molecule has 0 unspecified atom stereocenters. The van der Waals surface area contributed by atoms with Gasteiger partial charge in [-0.05, 0) is 18.6 Å². The standard InChI is InChI=1S/C14H16ClNO4/c1-9-3-2-4-10(11(9)15)12(17)16-7-5-14(20,6-8-16)13(18)19/h2-4,20H,5-8H2,1H3,(H,18,19). The molecule has 0 bridgehead atoms. The Morgan fingerprint density at radius 2 is 1.90 bits per heavy atom. The van der Waals surface area contributed by atoms with Crippen LogP contribution in [0.15, 0.2) is 18.2 Å². The maximum atomic E-state index is 12.4. The highest BCUT2D eigenvalue weighted by molar-refractivity contribution is 6.34. The molecule has 0 aromatic heterocycles. The summed E-state index contributed by atoms with van der Waals surface area (Å²) in [5.74, 6) is -1.47. The number of carboxylic acids is 1. The quantitative estimate of drug-likeness (QED) is 0.871. The van der Waals surface area contributed by atoms with Crippen LogP contribution in [0.3, 0.4) is 0 Å². The van der Waals surface area contributed by atoms with Gasteiger partial charge in [-0.25, -0.2) is 4.79 Å². The highest BCUT2D eigenvalue weighted by Crippen LogP contribution is 2.26. The number of likely N-dealkylation sites (tertiary alicyclic amines) is 1. The van der Waals surface area contributed by atoms with E-state index in [-0.39, 0.29) is 31.8 Å². The normalized spacial score (nSPS) is 17.9. The summed E-state index contributed by atoms with van der Waals surface area (Å²) in [6, 6.07) is 5.22. The van der Waals surface area contributed by atoms with Gasteiger partial charge in [0.15, 0.2) is 5.60 Å². The van der Waals surface area contributed by atoms with Gasteiger partial charge >= 0.3 is 5.97 Å². The minimum atomic E-state index is -1.73. The van der Waals surface area contributed by atoms with Crippen LogP contribution >= 0.6 is 11.6 Å². The zero-order valence-corrected chi connectivity index (χ0v) is 11.9. The lowest BCUT2D eigenvalue weighted by Gasteiger charge is -2.35. The molecule has 1 aromatic rings. The predicted octanol–water partition coefficient (Wildman–Crippen LogP) is 1.70. The van der Waals surface area contributed by atoms with Crippen molar-refractivity contribution in [2.24, 2.45) is 0 Å². The Kier molecular flexibility index (Phi) is 4.01. The number of hydrogen-bond acceptors (Lipinski definition) is 3. The Labute approximate surface area is 121 Å². The molecule has 6 heteroatoms. The number of benzene rings is 1. The summed E-state index contributed by atoms with van der Waals surface area (Å²) in [6.45, 7) is 2.22. The molecule has 1 heterocycles. The van der Waals surface area contributed by atoms with Crippen LogP contribution in [0.4, 0.5) is 0 Å². The van der Waals surface area contributed by atoms with Crippen LogP contribution < -0.4 is 0 Å². The van der Waals surface area contributed by atoms with E-state index < -0.39 is 11.6 Å². The number of halogens is 1. The minimum absolute atomic E-state index is 0.0253. The molecule has 1 fully saturated rings. The lowest BCUT2D eigenvalue weighted by atomic mass is 9.91. The molecule has 0 radical (unpaired) electrons. The van der Waals surface area contributed by atoms with E-state index in [1.54, 1.807) is 12.1 Å². The largest absolute Gasteiger partial charge is 0.479 e. The first-order valence-corrected chi connectivity index (χ1v) is 6.73. The van der Waals surface area contributed by atoms with E-state index in [0.717, 1.165) is 5.56 Å². The maximum Gasteiger partial charge on any atom is 0.335 e. The van der Waals surface area contributed by atoms with Gasteiger partial charge in [0.2, 0.25) is 0 Å². The van der Waals surface area contributed by atoms with Crippen molar-refractivity contribution in [1.29, 1.82) is 0 Å². The highest BCUT2D eigenvalue weighted by atomic mass is 35.5. The number of carboxylic acid groups (broad SMARTS) is 1. The second-order valence-electron chi connectivity index (χ2n) is 5.07. The topological polar surface area (TPSA) is 77.8 Å². The predicted molar refractivity (Wildman–Crippen MR) is 73.9 cm³/mol. The van der Waals surface area contributed by atoms with Crippen LogP contribution in [-0.4, -0.2) is 45.7 Å². The van der Waals surface area contributed by atoms with Gasteiger partial charge in [-0.1, -0.05) is 23.7 Å². The summed E-state index contributed by atoms with van der Waals surface area (Å²) in [7, 11) is 0. The third kappa shape index (κ3) is 2.64. The summed E-state index contributed by atoms with van der Waals surface area (Å²) in [6.07, 6.45) is 0.0506. The molecule has 108 valence electrons. The molecule has 2 rings (SSSR count). The Morgan fingerprint density at radius 1 is 1.30 bits per heavy atom. The molecule has 0 saturated carbocycles. The van der Waals surface area contributed by atoms with Gasteiger partial charge < -0.3 is 15.1 Å². The van der Waals surface area contributed by atoms with Gasteiger partial charge in [-0.3, -0.25) is 4.79 Å². The van der Waals surface area contributed by atoms with Crippen molar-refractivity contribution in [3.05, 3.63) is 34.3 Å². The van der Waals surface area contributed by atoms with Crippen LogP contribution in [0, 0.1) is 6.92 Å². The SMILES string of the molecule is Cc1cccc(C(=O)N2CCC(O)(C(=O)O)CC2)c1Cl. The number of rotatable bonds is 2. The molecule has 1 aromatic carbocycles. The van der Waals surface area contributed by atoms with E-state index in [2.05, 4.69) is 0 Å². The number of carbonyl (C=O) groups excluding carboxylic acids is 1. The van der Waals surface area contributed by atoms with E-state index in [9.17, 15) is 14.7 Å². The summed E-state index contributed by atoms with van der Waals surface area (Å²) < 4.78 is 0. The fraction of sp³-hybridized carbons (Fsp3) is 0.429. The molecule has 0 aliphatic carbocycles. The number of piperidine rings is 1. The highest BCUT2D eigenvalue weighted by Gasteiger charge is 2.40. The lowest BCUT2D eigenvalue weighted by Crippen LogP contribution is -2.50. The van der Waals surface area contributed by atoms with Gasteiger partial charge in [0, 0.05) is 25.9 Å². The third-order valence-corrected chi connectivity index (χ3v) is 4.20. The molecule has 1 amide bonds. The first kappa shape index (κ1) is 14.8. The first-order chi connectivity index (χ1) is 9.35. The zero-order chi connectivity index (χ0) is 14.9.